The summed E-state index contributed by atoms with van der Waals surface area (Å²) in [6.07, 6.45) is 3.16. The minimum absolute atomic E-state index is 0.521. The fraction of sp³-hybridized carbons (Fsp3) is 0.643. The molecule has 0 atom stereocenters. The Morgan fingerprint density at radius 2 is 2.12 bits per heavy atom. The van der Waals surface area contributed by atoms with E-state index in [2.05, 4.69) is 49.0 Å². The van der Waals surface area contributed by atoms with Crippen LogP contribution in [0.15, 0.2) is 12.3 Å². The summed E-state index contributed by atoms with van der Waals surface area (Å²) in [6, 6.07) is 2.72. The lowest BCUT2D eigenvalue weighted by atomic mass is 10.1. The second-order valence-corrected chi connectivity index (χ2v) is 4.77. The van der Waals surface area contributed by atoms with Crippen molar-refractivity contribution in [2.24, 2.45) is 0 Å². The number of aryl methyl sites for hydroxylation is 1. The number of anilines is 1. The summed E-state index contributed by atoms with van der Waals surface area (Å²) in [5.74, 6) is 0. The topological polar surface area (TPSA) is 28.2 Å². The van der Waals surface area contributed by atoms with Crippen LogP contribution in [-0.4, -0.2) is 24.6 Å². The van der Waals surface area contributed by atoms with Crippen molar-refractivity contribution in [1.82, 2.24) is 10.3 Å². The third kappa shape index (κ3) is 3.70. The Morgan fingerprint density at radius 3 is 2.65 bits per heavy atom. The number of rotatable bonds is 6. The summed E-state index contributed by atoms with van der Waals surface area (Å²) in [6.45, 7) is 10.7. The molecular formula is C14H25N3. The smallest absolute Gasteiger partial charge is 0.0447 e. The molecule has 0 unspecified atom stereocenters. The molecule has 0 amide bonds. The minimum atomic E-state index is 0.521. The number of pyridine rings is 1. The van der Waals surface area contributed by atoms with Gasteiger partial charge in [-0.1, -0.05) is 6.92 Å². The van der Waals surface area contributed by atoms with Crippen LogP contribution in [0, 0.1) is 6.92 Å². The van der Waals surface area contributed by atoms with Gasteiger partial charge >= 0.3 is 0 Å². The molecule has 1 aromatic rings. The third-order valence-corrected chi connectivity index (χ3v) is 2.86. The molecule has 17 heavy (non-hydrogen) atoms. The average molecular weight is 235 g/mol. The van der Waals surface area contributed by atoms with E-state index in [-0.39, 0.29) is 0 Å². The molecule has 3 heteroatoms. The molecule has 3 nitrogen and oxygen atoms in total. The summed E-state index contributed by atoms with van der Waals surface area (Å²) < 4.78 is 0. The molecule has 1 aromatic heterocycles. The minimum Gasteiger partial charge on any atom is -0.369 e. The summed E-state index contributed by atoms with van der Waals surface area (Å²) in [4.78, 5) is 6.85. The molecule has 0 aromatic carbocycles. The van der Waals surface area contributed by atoms with Crippen molar-refractivity contribution in [3.63, 3.8) is 0 Å². The molecule has 0 fully saturated rings. The van der Waals surface area contributed by atoms with Crippen LogP contribution < -0.4 is 10.2 Å². The van der Waals surface area contributed by atoms with Crippen molar-refractivity contribution >= 4 is 5.69 Å². The van der Waals surface area contributed by atoms with Crippen molar-refractivity contribution < 1.29 is 0 Å². The number of nitrogens with zero attached hydrogens (tertiary/aromatic N) is 2. The fourth-order valence-electron chi connectivity index (χ4n) is 2.07. The normalized spacial score (nSPS) is 10.9. The van der Waals surface area contributed by atoms with E-state index in [1.54, 1.807) is 0 Å². The maximum absolute atomic E-state index is 4.39. The van der Waals surface area contributed by atoms with Crippen LogP contribution in [0.25, 0.3) is 0 Å². The summed E-state index contributed by atoms with van der Waals surface area (Å²) in [7, 11) is 1.98. The van der Waals surface area contributed by atoms with Gasteiger partial charge in [-0.05, 0) is 40.3 Å². The fourth-order valence-corrected chi connectivity index (χ4v) is 2.07. The van der Waals surface area contributed by atoms with Crippen molar-refractivity contribution in [2.45, 2.75) is 46.7 Å². The highest BCUT2D eigenvalue weighted by atomic mass is 15.2. The number of hydrogen-bond acceptors (Lipinski definition) is 3. The Kier molecular flexibility index (Phi) is 5.42. The first-order valence-corrected chi connectivity index (χ1v) is 6.46. The molecule has 1 rings (SSSR count). The lowest BCUT2D eigenvalue weighted by Crippen LogP contribution is -2.32. The zero-order chi connectivity index (χ0) is 12.8. The SMILES string of the molecule is CCCN(c1cc(C)ncc1CNC)C(C)C. The molecule has 0 saturated heterocycles. The highest BCUT2D eigenvalue weighted by molar-refractivity contribution is 5.54. The number of nitrogens with one attached hydrogen (secondary N) is 1. The highest BCUT2D eigenvalue weighted by Gasteiger charge is 2.14. The number of hydrogen-bond donors (Lipinski definition) is 1. The maximum Gasteiger partial charge on any atom is 0.0447 e. The molecule has 1 heterocycles. The van der Waals surface area contributed by atoms with Gasteiger partial charge in [0.15, 0.2) is 0 Å². The standard InChI is InChI=1S/C14H25N3/c1-6-7-17(11(2)3)14-8-12(4)16-10-13(14)9-15-5/h8,10-11,15H,6-7,9H2,1-5H3. The van der Waals surface area contributed by atoms with Gasteiger partial charge < -0.3 is 10.2 Å². The molecule has 0 aliphatic carbocycles. The van der Waals surface area contributed by atoms with Crippen LogP contribution >= 0.6 is 0 Å². The van der Waals surface area contributed by atoms with Gasteiger partial charge in [-0.15, -0.1) is 0 Å². The quantitative estimate of drug-likeness (QED) is 0.821. The lowest BCUT2D eigenvalue weighted by molar-refractivity contribution is 0.662. The summed E-state index contributed by atoms with van der Waals surface area (Å²) in [5.41, 5.74) is 3.69. The molecule has 0 radical (unpaired) electrons. The monoisotopic (exact) mass is 235 g/mol. The van der Waals surface area contributed by atoms with E-state index in [0.717, 1.165) is 18.8 Å². The molecule has 1 N–H and O–H groups in total. The van der Waals surface area contributed by atoms with Gasteiger partial charge in [0.25, 0.3) is 0 Å². The van der Waals surface area contributed by atoms with Gasteiger partial charge in [0, 0.05) is 42.3 Å². The van der Waals surface area contributed by atoms with Crippen molar-refractivity contribution in [1.29, 1.82) is 0 Å². The van der Waals surface area contributed by atoms with E-state index in [1.807, 2.05) is 13.2 Å². The lowest BCUT2D eigenvalue weighted by Gasteiger charge is -2.30. The van der Waals surface area contributed by atoms with E-state index in [9.17, 15) is 0 Å². The van der Waals surface area contributed by atoms with Crippen LogP contribution in [0.5, 0.6) is 0 Å². The first-order valence-electron chi connectivity index (χ1n) is 6.46. The van der Waals surface area contributed by atoms with Gasteiger partial charge in [-0.3, -0.25) is 4.98 Å². The van der Waals surface area contributed by atoms with E-state index in [0.29, 0.717) is 6.04 Å². The van der Waals surface area contributed by atoms with Crippen LogP contribution in [-0.2, 0) is 6.54 Å². The van der Waals surface area contributed by atoms with E-state index in [1.165, 1.54) is 17.7 Å². The van der Waals surface area contributed by atoms with Gasteiger partial charge in [-0.25, -0.2) is 0 Å². The van der Waals surface area contributed by atoms with Crippen molar-refractivity contribution in [3.05, 3.63) is 23.5 Å². The average Bonchev–Trinajstić information content (AvgIpc) is 2.28. The largest absolute Gasteiger partial charge is 0.369 e. The molecule has 96 valence electrons. The van der Waals surface area contributed by atoms with Crippen LogP contribution in [0.4, 0.5) is 5.69 Å². The maximum atomic E-state index is 4.39. The molecule has 0 aliphatic rings. The van der Waals surface area contributed by atoms with Gasteiger partial charge in [0.05, 0.1) is 0 Å². The Bertz CT molecular complexity index is 347. The molecule has 0 bridgehead atoms. The van der Waals surface area contributed by atoms with Crippen LogP contribution in [0.3, 0.4) is 0 Å². The third-order valence-electron chi connectivity index (χ3n) is 2.86. The Hall–Kier alpha value is -1.09. The second kappa shape index (κ2) is 6.60. The summed E-state index contributed by atoms with van der Waals surface area (Å²) in [5, 5.41) is 3.21. The van der Waals surface area contributed by atoms with E-state index in [4.69, 9.17) is 0 Å². The first kappa shape index (κ1) is 14.0. The molecule has 0 saturated carbocycles. The van der Waals surface area contributed by atoms with Gasteiger partial charge in [0.1, 0.15) is 0 Å². The zero-order valence-corrected chi connectivity index (χ0v) is 11.7. The zero-order valence-electron chi connectivity index (χ0n) is 11.7. The van der Waals surface area contributed by atoms with Crippen LogP contribution in [0.2, 0.25) is 0 Å². The highest BCUT2D eigenvalue weighted by Crippen LogP contribution is 2.23. The Balaban J connectivity index is 3.09. The second-order valence-electron chi connectivity index (χ2n) is 4.77. The molecule has 0 spiro atoms. The predicted molar refractivity (Wildman–Crippen MR) is 74.5 cm³/mol. The predicted octanol–water partition coefficient (Wildman–Crippen LogP) is 2.73. The van der Waals surface area contributed by atoms with Gasteiger partial charge in [-0.2, -0.15) is 0 Å². The first-order chi connectivity index (χ1) is 8.10. The van der Waals surface area contributed by atoms with E-state index >= 15 is 0 Å². The van der Waals surface area contributed by atoms with Gasteiger partial charge in [0.2, 0.25) is 0 Å². The number of aromatic nitrogens is 1. The van der Waals surface area contributed by atoms with E-state index < -0.39 is 0 Å². The molecule has 0 aliphatic heterocycles. The summed E-state index contributed by atoms with van der Waals surface area (Å²) >= 11 is 0. The molecular weight excluding hydrogens is 210 g/mol. The van der Waals surface area contributed by atoms with Crippen LogP contribution in [0.1, 0.15) is 38.4 Å². The Labute approximate surface area is 105 Å². The van der Waals surface area contributed by atoms with Crippen molar-refractivity contribution in [2.75, 3.05) is 18.5 Å². The Morgan fingerprint density at radius 1 is 1.41 bits per heavy atom. The van der Waals surface area contributed by atoms with Crippen molar-refractivity contribution in [3.8, 4) is 0 Å².